The maximum atomic E-state index is 12.8. The summed E-state index contributed by atoms with van der Waals surface area (Å²) in [6.07, 6.45) is 5.11. The van der Waals surface area contributed by atoms with E-state index in [1.165, 1.54) is 18.2 Å². The van der Waals surface area contributed by atoms with E-state index >= 15 is 0 Å². The maximum absolute atomic E-state index is 12.8. The van der Waals surface area contributed by atoms with Crippen molar-refractivity contribution in [2.75, 3.05) is 6.54 Å². The average Bonchev–Trinajstić information content (AvgIpc) is 3.05. The highest BCUT2D eigenvalue weighted by Gasteiger charge is 2.32. The summed E-state index contributed by atoms with van der Waals surface area (Å²) in [5, 5.41) is 11.1. The van der Waals surface area contributed by atoms with Gasteiger partial charge in [0.25, 0.3) is 11.6 Å². The van der Waals surface area contributed by atoms with Gasteiger partial charge in [-0.1, -0.05) is 11.6 Å². The van der Waals surface area contributed by atoms with Gasteiger partial charge in [0, 0.05) is 31.1 Å². The van der Waals surface area contributed by atoms with Crippen LogP contribution in [0.25, 0.3) is 0 Å². The summed E-state index contributed by atoms with van der Waals surface area (Å²) in [6.45, 7) is 0.602. The minimum atomic E-state index is -0.530. The normalized spacial score (nSPS) is 17.3. The first-order valence-electron chi connectivity index (χ1n) is 7.23. The maximum Gasteiger partial charge on any atom is 0.270 e. The molecule has 1 fully saturated rings. The minimum absolute atomic E-state index is 0.0548. The fraction of sp³-hybridized carbons (Fsp3) is 0.250. The SMILES string of the molecule is O=C(c1cc([N+](=O)[O-])ccc1Cl)N1CCCC1c1ccncc1. The molecule has 1 atom stereocenters. The van der Waals surface area contributed by atoms with Crippen molar-refractivity contribution in [3.8, 4) is 0 Å². The Bertz CT molecular complexity index is 751. The molecule has 0 radical (unpaired) electrons. The highest BCUT2D eigenvalue weighted by atomic mass is 35.5. The number of hydrogen-bond acceptors (Lipinski definition) is 4. The molecule has 3 rings (SSSR count). The van der Waals surface area contributed by atoms with Crippen molar-refractivity contribution in [2.24, 2.45) is 0 Å². The van der Waals surface area contributed by atoms with Crippen molar-refractivity contribution in [1.82, 2.24) is 9.88 Å². The zero-order chi connectivity index (χ0) is 16.4. The first-order valence-corrected chi connectivity index (χ1v) is 7.60. The molecule has 1 aromatic heterocycles. The van der Waals surface area contributed by atoms with Gasteiger partial charge in [0.2, 0.25) is 0 Å². The van der Waals surface area contributed by atoms with Crippen LogP contribution in [0.3, 0.4) is 0 Å². The molecule has 0 spiro atoms. The number of carbonyl (C=O) groups excluding carboxylic acids is 1. The Morgan fingerprint density at radius 3 is 2.74 bits per heavy atom. The van der Waals surface area contributed by atoms with E-state index in [1.807, 2.05) is 12.1 Å². The van der Waals surface area contributed by atoms with Gasteiger partial charge in [0.1, 0.15) is 0 Å². The van der Waals surface area contributed by atoms with Crippen LogP contribution < -0.4 is 0 Å². The quantitative estimate of drug-likeness (QED) is 0.635. The Morgan fingerprint density at radius 2 is 2.04 bits per heavy atom. The van der Waals surface area contributed by atoms with E-state index in [0.29, 0.717) is 6.54 Å². The first-order chi connectivity index (χ1) is 11.1. The molecular formula is C16H14ClN3O3. The second-order valence-corrected chi connectivity index (χ2v) is 5.77. The van der Waals surface area contributed by atoms with Crippen LogP contribution in [-0.2, 0) is 0 Å². The second-order valence-electron chi connectivity index (χ2n) is 5.36. The molecule has 2 heterocycles. The predicted octanol–water partition coefficient (Wildman–Crippen LogP) is 3.62. The number of non-ortho nitro benzene ring substituents is 1. The smallest absolute Gasteiger partial charge is 0.270 e. The van der Waals surface area contributed by atoms with Crippen molar-refractivity contribution < 1.29 is 9.72 Å². The number of aromatic nitrogens is 1. The van der Waals surface area contributed by atoms with Gasteiger partial charge in [0.15, 0.2) is 0 Å². The Morgan fingerprint density at radius 1 is 1.30 bits per heavy atom. The van der Waals surface area contributed by atoms with Crippen molar-refractivity contribution in [3.63, 3.8) is 0 Å². The lowest BCUT2D eigenvalue weighted by molar-refractivity contribution is -0.384. The van der Waals surface area contributed by atoms with Crippen LogP contribution in [0.5, 0.6) is 0 Å². The molecule has 1 saturated heterocycles. The second kappa shape index (κ2) is 6.34. The van der Waals surface area contributed by atoms with Gasteiger partial charge >= 0.3 is 0 Å². The van der Waals surface area contributed by atoms with E-state index in [1.54, 1.807) is 17.3 Å². The number of nitrogens with zero attached hydrogens (tertiary/aromatic N) is 3. The van der Waals surface area contributed by atoms with Gasteiger partial charge in [-0.15, -0.1) is 0 Å². The van der Waals surface area contributed by atoms with Crippen molar-refractivity contribution >= 4 is 23.2 Å². The molecule has 6 nitrogen and oxygen atoms in total. The lowest BCUT2D eigenvalue weighted by atomic mass is 10.1. The Balaban J connectivity index is 1.93. The van der Waals surface area contributed by atoms with Crippen LogP contribution in [0.15, 0.2) is 42.7 Å². The molecule has 1 aromatic carbocycles. The van der Waals surface area contributed by atoms with Crippen molar-refractivity contribution in [3.05, 3.63) is 69.0 Å². The lowest BCUT2D eigenvalue weighted by Crippen LogP contribution is -2.30. The van der Waals surface area contributed by atoms with Crippen LogP contribution in [0.4, 0.5) is 5.69 Å². The topological polar surface area (TPSA) is 76.3 Å². The van der Waals surface area contributed by atoms with E-state index in [4.69, 9.17) is 11.6 Å². The van der Waals surface area contributed by atoms with E-state index in [9.17, 15) is 14.9 Å². The summed E-state index contributed by atoms with van der Waals surface area (Å²) in [7, 11) is 0. The molecule has 2 aromatic rings. The van der Waals surface area contributed by atoms with E-state index in [0.717, 1.165) is 18.4 Å². The molecule has 0 bridgehead atoms. The number of nitro benzene ring substituents is 1. The highest BCUT2D eigenvalue weighted by Crippen LogP contribution is 2.34. The summed E-state index contributed by atoms with van der Waals surface area (Å²) < 4.78 is 0. The molecule has 1 unspecified atom stereocenters. The molecule has 1 aliphatic rings. The van der Waals surface area contributed by atoms with E-state index in [-0.39, 0.29) is 28.2 Å². The van der Waals surface area contributed by atoms with Crippen LogP contribution >= 0.6 is 11.6 Å². The number of benzene rings is 1. The number of nitro groups is 1. The van der Waals surface area contributed by atoms with Crippen LogP contribution in [-0.4, -0.2) is 27.3 Å². The molecule has 7 heteroatoms. The van der Waals surface area contributed by atoms with Gasteiger partial charge < -0.3 is 4.90 Å². The van der Waals surface area contributed by atoms with Gasteiger partial charge in [-0.2, -0.15) is 0 Å². The fourth-order valence-corrected chi connectivity index (χ4v) is 3.09. The zero-order valence-electron chi connectivity index (χ0n) is 12.2. The Kier molecular flexibility index (Phi) is 4.25. The predicted molar refractivity (Wildman–Crippen MR) is 85.4 cm³/mol. The van der Waals surface area contributed by atoms with Gasteiger partial charge in [0.05, 0.1) is 21.6 Å². The number of halogens is 1. The summed E-state index contributed by atoms with van der Waals surface area (Å²) in [5.41, 5.74) is 1.03. The largest absolute Gasteiger partial charge is 0.332 e. The molecule has 0 N–H and O–H groups in total. The molecular weight excluding hydrogens is 318 g/mol. The number of amides is 1. The zero-order valence-corrected chi connectivity index (χ0v) is 12.9. The van der Waals surface area contributed by atoms with Crippen molar-refractivity contribution in [2.45, 2.75) is 18.9 Å². The van der Waals surface area contributed by atoms with E-state index < -0.39 is 4.92 Å². The van der Waals surface area contributed by atoms with Gasteiger partial charge in [-0.05, 0) is 36.6 Å². The minimum Gasteiger partial charge on any atom is -0.332 e. The number of hydrogen-bond donors (Lipinski definition) is 0. The summed E-state index contributed by atoms with van der Waals surface area (Å²) >= 11 is 6.09. The lowest BCUT2D eigenvalue weighted by Gasteiger charge is -2.25. The number of rotatable bonds is 3. The number of carbonyl (C=O) groups is 1. The van der Waals surface area contributed by atoms with E-state index in [2.05, 4.69) is 4.98 Å². The van der Waals surface area contributed by atoms with Crippen LogP contribution in [0.2, 0.25) is 5.02 Å². The molecule has 0 aliphatic carbocycles. The summed E-state index contributed by atoms with van der Waals surface area (Å²) in [5.74, 6) is -0.280. The molecule has 1 aliphatic heterocycles. The molecule has 23 heavy (non-hydrogen) atoms. The summed E-state index contributed by atoms with van der Waals surface area (Å²) in [4.78, 5) is 28.9. The number of likely N-dealkylation sites (tertiary alicyclic amines) is 1. The number of pyridine rings is 1. The first kappa shape index (κ1) is 15.4. The van der Waals surface area contributed by atoms with Gasteiger partial charge in [-0.3, -0.25) is 19.9 Å². The Labute approximate surface area is 137 Å². The average molecular weight is 332 g/mol. The van der Waals surface area contributed by atoms with Crippen LogP contribution in [0, 0.1) is 10.1 Å². The third-order valence-corrected chi connectivity index (χ3v) is 4.33. The van der Waals surface area contributed by atoms with Crippen molar-refractivity contribution in [1.29, 1.82) is 0 Å². The Hall–Kier alpha value is -2.47. The molecule has 1 amide bonds. The third kappa shape index (κ3) is 3.03. The third-order valence-electron chi connectivity index (χ3n) is 4.00. The van der Waals surface area contributed by atoms with Gasteiger partial charge in [-0.25, -0.2) is 0 Å². The summed E-state index contributed by atoms with van der Waals surface area (Å²) in [6, 6.07) is 7.64. The van der Waals surface area contributed by atoms with Crippen LogP contribution in [0.1, 0.15) is 34.8 Å². The fourth-order valence-electron chi connectivity index (χ4n) is 2.89. The molecule has 118 valence electrons. The monoisotopic (exact) mass is 331 g/mol. The highest BCUT2D eigenvalue weighted by molar-refractivity contribution is 6.34. The molecule has 0 saturated carbocycles. The standard InChI is InChI=1S/C16H14ClN3O3/c17-14-4-3-12(20(22)23)10-13(14)16(21)19-9-1-2-15(19)11-5-7-18-8-6-11/h3-8,10,15H,1-2,9H2.